The van der Waals surface area contributed by atoms with Crippen LogP contribution in [0.5, 0.6) is 0 Å². The van der Waals surface area contributed by atoms with E-state index in [2.05, 4.69) is 9.98 Å². The molecule has 0 N–H and O–H groups in total. The number of aliphatic imine (C=N–C) groups is 1. The van der Waals surface area contributed by atoms with Gasteiger partial charge in [-0.1, -0.05) is 34.6 Å². The molecule has 0 fully saturated rings. The smallest absolute Gasteiger partial charge is 0.323 e. The second-order valence-electron chi connectivity index (χ2n) is 8.01. The molecule has 2 rings (SSSR count). The Hall–Kier alpha value is -2.47. The van der Waals surface area contributed by atoms with Gasteiger partial charge in [0, 0.05) is 17.6 Å². The zero-order valence-electron chi connectivity index (χ0n) is 16.8. The number of nitriles is 1. The number of thiazole rings is 1. The third-order valence-electron chi connectivity index (χ3n) is 3.91. The van der Waals surface area contributed by atoms with E-state index in [0.717, 1.165) is 4.88 Å². The predicted molar refractivity (Wildman–Crippen MR) is 105 cm³/mol. The highest BCUT2D eigenvalue weighted by Gasteiger charge is 2.31. The van der Waals surface area contributed by atoms with Gasteiger partial charge in [0.1, 0.15) is 5.82 Å². The van der Waals surface area contributed by atoms with Crippen LogP contribution in [0.1, 0.15) is 50.6 Å². The Morgan fingerprint density at radius 1 is 1.24 bits per heavy atom. The van der Waals surface area contributed by atoms with E-state index in [9.17, 15) is 17.6 Å². The molecule has 0 amide bonds. The van der Waals surface area contributed by atoms with Crippen LogP contribution < -0.4 is 4.80 Å². The maximum absolute atomic E-state index is 14.3. The molecule has 0 aliphatic carbocycles. The first-order valence-electron chi connectivity index (χ1n) is 8.92. The third-order valence-corrected chi connectivity index (χ3v) is 5.36. The maximum atomic E-state index is 14.3. The van der Waals surface area contributed by atoms with Crippen molar-refractivity contribution in [2.45, 2.75) is 52.8 Å². The van der Waals surface area contributed by atoms with Crippen LogP contribution in [0, 0.1) is 23.2 Å². The van der Waals surface area contributed by atoms with Crippen molar-refractivity contribution in [3.8, 4) is 6.19 Å². The van der Waals surface area contributed by atoms with E-state index >= 15 is 0 Å². The quantitative estimate of drug-likeness (QED) is 0.277. The van der Waals surface area contributed by atoms with Gasteiger partial charge in [0.15, 0.2) is 10.6 Å². The molecule has 0 saturated carbocycles. The SMILES string of the molecule is CC(C)Cn1cc(C(C)(C)C)sc1=NC(=NC#N)c1cc(C(F)(F)F)ccc1F. The third kappa shape index (κ3) is 5.76. The summed E-state index contributed by atoms with van der Waals surface area (Å²) >= 11 is 1.33. The maximum Gasteiger partial charge on any atom is 0.416 e. The van der Waals surface area contributed by atoms with Crippen molar-refractivity contribution < 1.29 is 17.6 Å². The molecule has 0 spiro atoms. The van der Waals surface area contributed by atoms with Crippen LogP contribution in [0.2, 0.25) is 0 Å². The van der Waals surface area contributed by atoms with Crippen LogP contribution >= 0.6 is 11.3 Å². The molecule has 0 radical (unpaired) electrons. The molecule has 0 bridgehead atoms. The Labute approximate surface area is 170 Å². The number of aromatic nitrogens is 1. The molecular weight excluding hydrogens is 404 g/mol. The Kier molecular flexibility index (Phi) is 6.68. The van der Waals surface area contributed by atoms with E-state index in [1.54, 1.807) is 0 Å². The van der Waals surface area contributed by atoms with Gasteiger partial charge < -0.3 is 4.57 Å². The molecule has 0 atom stereocenters. The van der Waals surface area contributed by atoms with Crippen molar-refractivity contribution in [1.29, 1.82) is 5.26 Å². The zero-order valence-corrected chi connectivity index (χ0v) is 17.6. The summed E-state index contributed by atoms with van der Waals surface area (Å²) in [4.78, 5) is 9.24. The molecule has 4 nitrogen and oxygen atoms in total. The van der Waals surface area contributed by atoms with Crippen molar-refractivity contribution in [3.63, 3.8) is 0 Å². The van der Waals surface area contributed by atoms with Crippen LogP contribution in [0.3, 0.4) is 0 Å². The predicted octanol–water partition coefficient (Wildman–Crippen LogP) is 5.49. The highest BCUT2D eigenvalue weighted by atomic mass is 32.1. The van der Waals surface area contributed by atoms with Gasteiger partial charge >= 0.3 is 6.18 Å². The first-order valence-corrected chi connectivity index (χ1v) is 9.74. The highest BCUT2D eigenvalue weighted by Crippen LogP contribution is 2.30. The van der Waals surface area contributed by atoms with Gasteiger partial charge in [-0.25, -0.2) is 4.39 Å². The van der Waals surface area contributed by atoms with E-state index in [4.69, 9.17) is 5.26 Å². The summed E-state index contributed by atoms with van der Waals surface area (Å²) in [5, 5.41) is 9.00. The molecule has 0 unspecified atom stereocenters. The van der Waals surface area contributed by atoms with Crippen molar-refractivity contribution in [3.05, 3.63) is 51.0 Å². The van der Waals surface area contributed by atoms with Gasteiger partial charge in [0.05, 0.1) is 11.1 Å². The highest BCUT2D eigenvalue weighted by molar-refractivity contribution is 7.09. The topological polar surface area (TPSA) is 53.4 Å². The number of hydrogen-bond acceptors (Lipinski definition) is 3. The summed E-state index contributed by atoms with van der Waals surface area (Å²) in [6.07, 6.45) is -1.22. The monoisotopic (exact) mass is 426 g/mol. The lowest BCUT2D eigenvalue weighted by atomic mass is 9.95. The van der Waals surface area contributed by atoms with Gasteiger partial charge in [0.2, 0.25) is 6.19 Å². The molecule has 1 heterocycles. The largest absolute Gasteiger partial charge is 0.416 e. The molecule has 2 aromatic rings. The minimum atomic E-state index is -4.65. The average Bonchev–Trinajstić information content (AvgIpc) is 2.96. The zero-order chi connectivity index (χ0) is 22.0. The van der Waals surface area contributed by atoms with E-state index in [1.807, 2.05) is 45.4 Å². The lowest BCUT2D eigenvalue weighted by Crippen LogP contribution is -2.19. The molecule has 0 aliphatic heterocycles. The Balaban J connectivity index is 2.71. The lowest BCUT2D eigenvalue weighted by molar-refractivity contribution is -0.137. The molecule has 156 valence electrons. The second-order valence-corrected chi connectivity index (χ2v) is 9.02. The van der Waals surface area contributed by atoms with Gasteiger partial charge in [0.25, 0.3) is 0 Å². The van der Waals surface area contributed by atoms with Crippen LogP contribution in [0.4, 0.5) is 17.6 Å². The lowest BCUT2D eigenvalue weighted by Gasteiger charge is -2.14. The van der Waals surface area contributed by atoms with Crippen LogP contribution in [-0.4, -0.2) is 10.4 Å². The fourth-order valence-electron chi connectivity index (χ4n) is 2.49. The Morgan fingerprint density at radius 3 is 2.41 bits per heavy atom. The Bertz CT molecular complexity index is 1010. The Morgan fingerprint density at radius 2 is 1.90 bits per heavy atom. The van der Waals surface area contributed by atoms with Crippen LogP contribution in [-0.2, 0) is 18.1 Å². The minimum absolute atomic E-state index is 0.175. The van der Waals surface area contributed by atoms with Gasteiger partial charge in [-0.3, -0.25) is 0 Å². The molecule has 9 heteroatoms. The van der Waals surface area contributed by atoms with E-state index in [-0.39, 0.29) is 11.3 Å². The summed E-state index contributed by atoms with van der Waals surface area (Å²) in [5.74, 6) is -1.05. The first kappa shape index (κ1) is 22.8. The average molecular weight is 426 g/mol. The van der Waals surface area contributed by atoms with E-state index < -0.39 is 29.0 Å². The van der Waals surface area contributed by atoms with E-state index in [0.29, 0.717) is 29.5 Å². The number of nitrogens with zero attached hydrogens (tertiary/aromatic N) is 4. The number of amidine groups is 1. The molecule has 1 aromatic heterocycles. The van der Waals surface area contributed by atoms with Gasteiger partial charge in [-0.2, -0.15) is 28.4 Å². The molecular formula is C20H22F4N4S. The summed E-state index contributed by atoms with van der Waals surface area (Å²) in [6, 6.07) is 1.97. The number of benzene rings is 1. The summed E-state index contributed by atoms with van der Waals surface area (Å²) in [5.41, 5.74) is -1.68. The summed E-state index contributed by atoms with van der Waals surface area (Å²) < 4.78 is 55.3. The van der Waals surface area contributed by atoms with Crippen LogP contribution in [0.25, 0.3) is 0 Å². The molecule has 0 saturated heterocycles. The molecule has 0 aliphatic rings. The number of halogens is 4. The minimum Gasteiger partial charge on any atom is -0.323 e. The van der Waals surface area contributed by atoms with Crippen molar-refractivity contribution in [2.75, 3.05) is 0 Å². The van der Waals surface area contributed by atoms with Gasteiger partial charge in [-0.15, -0.1) is 11.3 Å². The van der Waals surface area contributed by atoms with Crippen LogP contribution in [0.15, 0.2) is 34.4 Å². The summed E-state index contributed by atoms with van der Waals surface area (Å²) in [7, 11) is 0. The van der Waals surface area contributed by atoms with Gasteiger partial charge in [-0.05, 0) is 29.5 Å². The van der Waals surface area contributed by atoms with Crippen molar-refractivity contribution in [1.82, 2.24) is 4.57 Å². The molecule has 29 heavy (non-hydrogen) atoms. The first-order chi connectivity index (χ1) is 13.3. The number of hydrogen-bond donors (Lipinski definition) is 0. The normalized spacial score (nSPS) is 13.8. The summed E-state index contributed by atoms with van der Waals surface area (Å²) in [6.45, 7) is 10.7. The van der Waals surface area contributed by atoms with Crippen molar-refractivity contribution in [2.24, 2.45) is 15.9 Å². The van der Waals surface area contributed by atoms with E-state index in [1.165, 1.54) is 17.5 Å². The molecule has 1 aromatic carbocycles. The number of alkyl halides is 3. The fourth-order valence-corrected chi connectivity index (χ4v) is 3.55. The fraction of sp³-hybridized carbons (Fsp3) is 0.450. The standard InChI is InChI=1S/C20H22F4N4S/c1-12(2)9-28-10-16(19(3,4)5)29-18(28)27-17(26-11-25)14-8-13(20(22,23)24)6-7-15(14)21/h6-8,10,12H,9H2,1-5H3. The van der Waals surface area contributed by atoms with Crippen molar-refractivity contribution >= 4 is 17.2 Å². The number of rotatable bonds is 3. The second kappa shape index (κ2) is 8.49.